The first-order valence-corrected chi connectivity index (χ1v) is 5.73. The van der Waals surface area contributed by atoms with Crippen LogP contribution in [0.2, 0.25) is 0 Å². The molecule has 100 valence electrons. The van der Waals surface area contributed by atoms with Gasteiger partial charge in [-0.1, -0.05) is 0 Å². The molecule has 1 amide bonds. The number of carbonyl (C=O) groups is 1. The average molecular weight is 260 g/mol. The van der Waals surface area contributed by atoms with Crippen LogP contribution in [-0.4, -0.2) is 47.3 Å². The Morgan fingerprint density at radius 2 is 2.33 bits per heavy atom. The molecule has 8 heteroatoms. The number of hydrogen-bond donors (Lipinski definition) is 2. The number of aromatic amines is 1. The van der Waals surface area contributed by atoms with Gasteiger partial charge in [-0.15, -0.1) is 5.10 Å². The minimum Gasteiger partial charge on any atom is -0.374 e. The molecule has 6 nitrogen and oxygen atoms in total. The first-order chi connectivity index (χ1) is 8.66. The van der Waals surface area contributed by atoms with Crippen LogP contribution >= 0.6 is 0 Å². The summed E-state index contributed by atoms with van der Waals surface area (Å²) < 4.78 is 28.1. The zero-order valence-electron chi connectivity index (χ0n) is 9.66. The van der Waals surface area contributed by atoms with Gasteiger partial charge < -0.3 is 10.1 Å². The second kappa shape index (κ2) is 5.85. The maximum absolute atomic E-state index is 11.7. The van der Waals surface area contributed by atoms with E-state index in [1.54, 1.807) is 0 Å². The van der Waals surface area contributed by atoms with Crippen LogP contribution in [0.5, 0.6) is 0 Å². The van der Waals surface area contributed by atoms with E-state index in [2.05, 4.69) is 25.2 Å². The Morgan fingerprint density at radius 3 is 3.00 bits per heavy atom. The Labute approximate surface area is 102 Å². The molecule has 0 aliphatic heterocycles. The van der Waals surface area contributed by atoms with E-state index in [1.807, 2.05) is 0 Å². The molecule has 2 N–H and O–H groups in total. The van der Waals surface area contributed by atoms with Crippen LogP contribution in [0, 0.1) is 0 Å². The normalized spacial score (nSPS) is 15.1. The summed E-state index contributed by atoms with van der Waals surface area (Å²) >= 11 is 0. The van der Waals surface area contributed by atoms with Crippen molar-refractivity contribution >= 4 is 5.91 Å². The lowest BCUT2D eigenvalue weighted by molar-refractivity contribution is 0.0188. The van der Waals surface area contributed by atoms with E-state index in [1.165, 1.54) is 0 Å². The van der Waals surface area contributed by atoms with E-state index < -0.39 is 18.9 Å². The molecule has 18 heavy (non-hydrogen) atoms. The molecule has 0 atom stereocenters. The van der Waals surface area contributed by atoms with E-state index in [9.17, 15) is 13.6 Å². The predicted octanol–water partition coefficient (Wildman–Crippen LogP) is 0.694. The number of nitrogens with one attached hydrogen (secondary N) is 2. The molecule has 0 radical (unpaired) electrons. The highest BCUT2D eigenvalue weighted by molar-refractivity contribution is 5.90. The SMILES string of the molecule is O=C(NCCOCC(F)F)c1n[nH]c(C2CC2)n1. The minimum absolute atomic E-state index is 0.0377. The van der Waals surface area contributed by atoms with Gasteiger partial charge in [0.15, 0.2) is 0 Å². The number of carbonyl (C=O) groups excluding carboxylic acids is 1. The molecule has 1 aliphatic carbocycles. The summed E-state index contributed by atoms with van der Waals surface area (Å²) in [6.45, 7) is -0.433. The third-order valence-corrected chi connectivity index (χ3v) is 2.45. The summed E-state index contributed by atoms with van der Waals surface area (Å²) in [4.78, 5) is 15.6. The van der Waals surface area contributed by atoms with Gasteiger partial charge in [0.25, 0.3) is 12.3 Å². The molecule has 1 saturated carbocycles. The highest BCUT2D eigenvalue weighted by Crippen LogP contribution is 2.37. The summed E-state index contributed by atoms with van der Waals surface area (Å²) in [5.74, 6) is 0.770. The predicted molar refractivity (Wildman–Crippen MR) is 57.5 cm³/mol. The standard InChI is InChI=1S/C10H14F2N4O2/c11-7(12)5-18-4-3-13-10(17)9-14-8(15-16-9)6-1-2-6/h6-7H,1-5H2,(H,13,17)(H,14,15,16). The fourth-order valence-corrected chi connectivity index (χ4v) is 1.40. The molecular weight excluding hydrogens is 246 g/mol. The number of alkyl halides is 2. The van der Waals surface area contributed by atoms with E-state index in [-0.39, 0.29) is 19.0 Å². The van der Waals surface area contributed by atoms with Crippen molar-refractivity contribution in [2.45, 2.75) is 25.2 Å². The van der Waals surface area contributed by atoms with Gasteiger partial charge >= 0.3 is 0 Å². The molecule has 1 aliphatic rings. The van der Waals surface area contributed by atoms with Crippen LogP contribution in [0.25, 0.3) is 0 Å². The summed E-state index contributed by atoms with van der Waals surface area (Å²) in [6, 6.07) is 0. The largest absolute Gasteiger partial charge is 0.374 e. The second-order valence-electron chi connectivity index (χ2n) is 4.04. The number of aromatic nitrogens is 3. The lowest BCUT2D eigenvalue weighted by Crippen LogP contribution is -2.28. The van der Waals surface area contributed by atoms with Crippen LogP contribution in [-0.2, 0) is 4.74 Å². The number of nitrogens with zero attached hydrogens (tertiary/aromatic N) is 2. The second-order valence-corrected chi connectivity index (χ2v) is 4.04. The molecule has 0 saturated heterocycles. The maximum Gasteiger partial charge on any atom is 0.291 e. The topological polar surface area (TPSA) is 79.9 Å². The van der Waals surface area contributed by atoms with Gasteiger partial charge in [-0.25, -0.2) is 13.8 Å². The highest BCUT2D eigenvalue weighted by atomic mass is 19.3. The lowest BCUT2D eigenvalue weighted by Gasteiger charge is -2.03. The van der Waals surface area contributed by atoms with Gasteiger partial charge in [-0.05, 0) is 12.8 Å². The van der Waals surface area contributed by atoms with Crippen molar-refractivity contribution in [2.75, 3.05) is 19.8 Å². The van der Waals surface area contributed by atoms with Crippen molar-refractivity contribution in [1.82, 2.24) is 20.5 Å². The third kappa shape index (κ3) is 3.73. The van der Waals surface area contributed by atoms with Crippen LogP contribution in [0.1, 0.15) is 35.2 Å². The van der Waals surface area contributed by atoms with Crippen LogP contribution in [0.4, 0.5) is 8.78 Å². The van der Waals surface area contributed by atoms with Crippen LogP contribution in [0.15, 0.2) is 0 Å². The average Bonchev–Trinajstić information content (AvgIpc) is 3.06. The van der Waals surface area contributed by atoms with Crippen molar-refractivity contribution in [3.05, 3.63) is 11.6 Å². The number of rotatable bonds is 7. The fraction of sp³-hybridized carbons (Fsp3) is 0.700. The van der Waals surface area contributed by atoms with Crippen molar-refractivity contribution in [3.8, 4) is 0 Å². The van der Waals surface area contributed by atoms with E-state index >= 15 is 0 Å². The molecule has 2 rings (SSSR count). The number of amides is 1. The maximum atomic E-state index is 11.7. The summed E-state index contributed by atoms with van der Waals surface area (Å²) in [5.41, 5.74) is 0. The first kappa shape index (κ1) is 12.9. The molecular formula is C10H14F2N4O2. The van der Waals surface area contributed by atoms with E-state index in [4.69, 9.17) is 0 Å². The molecule has 0 spiro atoms. The molecule has 0 unspecified atom stereocenters. The molecule has 0 aromatic carbocycles. The summed E-state index contributed by atoms with van der Waals surface area (Å²) in [7, 11) is 0. The molecule has 1 aromatic rings. The number of halogens is 2. The molecule has 1 aromatic heterocycles. The number of hydrogen-bond acceptors (Lipinski definition) is 4. The minimum atomic E-state index is -2.49. The van der Waals surface area contributed by atoms with Crippen molar-refractivity contribution in [1.29, 1.82) is 0 Å². The monoisotopic (exact) mass is 260 g/mol. The van der Waals surface area contributed by atoms with Gasteiger partial charge in [0.05, 0.1) is 6.61 Å². The number of ether oxygens (including phenoxy) is 1. The van der Waals surface area contributed by atoms with Gasteiger partial charge in [0, 0.05) is 12.5 Å². The Morgan fingerprint density at radius 1 is 1.56 bits per heavy atom. The van der Waals surface area contributed by atoms with E-state index in [0.29, 0.717) is 5.92 Å². The van der Waals surface area contributed by atoms with E-state index in [0.717, 1.165) is 18.7 Å². The smallest absolute Gasteiger partial charge is 0.291 e. The van der Waals surface area contributed by atoms with Gasteiger partial charge in [-0.3, -0.25) is 9.89 Å². The van der Waals surface area contributed by atoms with Crippen molar-refractivity contribution in [2.24, 2.45) is 0 Å². The molecule has 0 bridgehead atoms. The quantitative estimate of drug-likeness (QED) is 0.707. The number of H-pyrrole nitrogens is 1. The Kier molecular flexibility index (Phi) is 4.19. The van der Waals surface area contributed by atoms with Crippen molar-refractivity contribution in [3.63, 3.8) is 0 Å². The molecule has 1 heterocycles. The van der Waals surface area contributed by atoms with Crippen LogP contribution < -0.4 is 5.32 Å². The van der Waals surface area contributed by atoms with Gasteiger partial charge in [-0.2, -0.15) is 0 Å². The zero-order valence-corrected chi connectivity index (χ0v) is 9.66. The Balaban J connectivity index is 1.67. The van der Waals surface area contributed by atoms with Crippen LogP contribution in [0.3, 0.4) is 0 Å². The third-order valence-electron chi connectivity index (χ3n) is 2.45. The fourth-order valence-electron chi connectivity index (χ4n) is 1.40. The molecule has 1 fully saturated rings. The van der Waals surface area contributed by atoms with Gasteiger partial charge in [0.1, 0.15) is 12.4 Å². The first-order valence-electron chi connectivity index (χ1n) is 5.73. The lowest BCUT2D eigenvalue weighted by atomic mass is 10.4. The highest BCUT2D eigenvalue weighted by Gasteiger charge is 2.28. The summed E-state index contributed by atoms with van der Waals surface area (Å²) in [6.07, 6.45) is -0.357. The summed E-state index contributed by atoms with van der Waals surface area (Å²) in [5, 5.41) is 9.00. The van der Waals surface area contributed by atoms with Crippen molar-refractivity contribution < 1.29 is 18.3 Å². The van der Waals surface area contributed by atoms with Gasteiger partial charge in [0.2, 0.25) is 5.82 Å². The Bertz CT molecular complexity index is 406. The zero-order chi connectivity index (χ0) is 13.0. The Hall–Kier alpha value is -1.57.